The number of hydrogen-bond acceptors (Lipinski definition) is 8. The number of nitrogens with zero attached hydrogens (tertiary/aromatic N) is 4. The third-order valence-corrected chi connectivity index (χ3v) is 4.77. The Labute approximate surface area is 179 Å². The molecule has 0 aromatic carbocycles. The van der Waals surface area contributed by atoms with Gasteiger partial charge in [-0.05, 0) is 71.8 Å². The van der Waals surface area contributed by atoms with E-state index < -0.39 is 0 Å². The number of pyridine rings is 1. The average molecular weight is 418 g/mol. The van der Waals surface area contributed by atoms with Crippen molar-refractivity contribution in [2.75, 3.05) is 19.6 Å². The Balaban J connectivity index is 0.000000396. The monoisotopic (exact) mass is 417 g/mol. The molecule has 1 fully saturated rings. The van der Waals surface area contributed by atoms with Crippen molar-refractivity contribution in [1.29, 1.82) is 0 Å². The Morgan fingerprint density at radius 2 is 1.97 bits per heavy atom. The second-order valence-electron chi connectivity index (χ2n) is 8.38. The molecule has 0 bridgehead atoms. The summed E-state index contributed by atoms with van der Waals surface area (Å²) >= 11 is 0. The minimum Gasteiger partial charge on any atom is -0.462 e. The van der Waals surface area contributed by atoms with Crippen LogP contribution < -0.4 is 5.32 Å². The first-order valence-corrected chi connectivity index (χ1v) is 10.7. The average Bonchev–Trinajstić information content (AvgIpc) is 3.21. The standard InChI is InChI=1S/C17H25N5O.C5H10O2/c1-2-3-12-22(15-6-10-19-11-7-15)13-16-20-17(21-23-16)14-4-8-18-9-5-14;1-5(2,3)7-4-6/h4-5,8-9,15,19H,2-3,6-7,10-13H2,1H3;4H,1-3H3. The van der Waals surface area contributed by atoms with Crippen molar-refractivity contribution in [3.8, 4) is 11.4 Å². The third kappa shape index (κ3) is 8.59. The summed E-state index contributed by atoms with van der Waals surface area (Å²) in [6.45, 7) is 12.2. The van der Waals surface area contributed by atoms with Crippen LogP contribution >= 0.6 is 0 Å². The summed E-state index contributed by atoms with van der Waals surface area (Å²) in [7, 11) is 0. The van der Waals surface area contributed by atoms with Gasteiger partial charge in [0.2, 0.25) is 11.7 Å². The molecule has 8 heteroatoms. The largest absolute Gasteiger partial charge is 0.462 e. The number of carbonyl (C=O) groups is 1. The van der Waals surface area contributed by atoms with Crippen LogP contribution in [0.1, 0.15) is 59.3 Å². The summed E-state index contributed by atoms with van der Waals surface area (Å²) in [6.07, 6.45) is 8.27. The van der Waals surface area contributed by atoms with Crippen LogP contribution in [0, 0.1) is 0 Å². The maximum atomic E-state index is 9.60. The number of hydrogen-bond donors (Lipinski definition) is 1. The van der Waals surface area contributed by atoms with Crippen LogP contribution in [-0.2, 0) is 16.1 Å². The van der Waals surface area contributed by atoms with E-state index in [0.717, 1.165) is 31.7 Å². The molecule has 1 aliphatic rings. The highest BCUT2D eigenvalue weighted by atomic mass is 16.5. The fourth-order valence-electron chi connectivity index (χ4n) is 3.18. The first-order valence-electron chi connectivity index (χ1n) is 10.7. The molecule has 1 saturated heterocycles. The zero-order valence-corrected chi connectivity index (χ0v) is 18.6. The molecule has 30 heavy (non-hydrogen) atoms. The molecule has 0 spiro atoms. The lowest BCUT2D eigenvalue weighted by atomic mass is 10.0. The molecule has 0 aliphatic carbocycles. The van der Waals surface area contributed by atoms with Crippen molar-refractivity contribution in [1.82, 2.24) is 25.3 Å². The molecule has 3 rings (SSSR count). The number of aromatic nitrogens is 3. The van der Waals surface area contributed by atoms with Gasteiger partial charge < -0.3 is 14.6 Å². The van der Waals surface area contributed by atoms with Crippen molar-refractivity contribution < 1.29 is 14.1 Å². The Bertz CT molecular complexity index is 724. The van der Waals surface area contributed by atoms with Crippen molar-refractivity contribution in [3.63, 3.8) is 0 Å². The molecule has 0 saturated carbocycles. The minimum atomic E-state index is -0.318. The van der Waals surface area contributed by atoms with Gasteiger partial charge in [0.1, 0.15) is 5.60 Å². The number of unbranched alkanes of at least 4 members (excludes halogenated alkanes) is 1. The lowest BCUT2D eigenvalue weighted by Crippen LogP contribution is -2.43. The SMILES string of the molecule is CC(C)(C)OC=O.CCCCN(Cc1nc(-c2ccncc2)no1)C1CCNCC1. The number of rotatable bonds is 8. The highest BCUT2D eigenvalue weighted by Crippen LogP contribution is 2.18. The van der Waals surface area contributed by atoms with Gasteiger partial charge in [-0.2, -0.15) is 4.98 Å². The van der Waals surface area contributed by atoms with Crippen LogP contribution in [0.2, 0.25) is 0 Å². The highest BCUT2D eigenvalue weighted by Gasteiger charge is 2.22. The van der Waals surface area contributed by atoms with Gasteiger partial charge in [0, 0.05) is 24.0 Å². The van der Waals surface area contributed by atoms with E-state index in [1.54, 1.807) is 12.4 Å². The smallest absolute Gasteiger partial charge is 0.293 e. The molecular formula is C22H35N5O3. The molecule has 0 radical (unpaired) electrons. The molecule has 2 aromatic heterocycles. The zero-order chi connectivity index (χ0) is 21.8. The van der Waals surface area contributed by atoms with E-state index in [4.69, 9.17) is 4.52 Å². The Morgan fingerprint density at radius 3 is 2.53 bits per heavy atom. The fourth-order valence-corrected chi connectivity index (χ4v) is 3.18. The van der Waals surface area contributed by atoms with Crippen LogP contribution in [0.5, 0.6) is 0 Å². The van der Waals surface area contributed by atoms with Crippen molar-refractivity contribution >= 4 is 6.47 Å². The maximum Gasteiger partial charge on any atom is 0.293 e. The fraction of sp³-hybridized carbons (Fsp3) is 0.636. The molecule has 8 nitrogen and oxygen atoms in total. The summed E-state index contributed by atoms with van der Waals surface area (Å²) in [5.41, 5.74) is 0.624. The van der Waals surface area contributed by atoms with Crippen molar-refractivity contribution in [2.24, 2.45) is 0 Å². The van der Waals surface area contributed by atoms with Crippen LogP contribution in [-0.4, -0.2) is 57.8 Å². The summed E-state index contributed by atoms with van der Waals surface area (Å²) in [5, 5.41) is 7.54. The van der Waals surface area contributed by atoms with Crippen molar-refractivity contribution in [3.05, 3.63) is 30.4 Å². The Hall–Kier alpha value is -2.32. The molecule has 1 aliphatic heterocycles. The predicted molar refractivity (Wildman–Crippen MR) is 116 cm³/mol. The van der Waals surface area contributed by atoms with Gasteiger partial charge in [0.05, 0.1) is 6.54 Å². The van der Waals surface area contributed by atoms with E-state index in [-0.39, 0.29) is 5.60 Å². The molecule has 0 atom stereocenters. The first-order chi connectivity index (χ1) is 14.4. The van der Waals surface area contributed by atoms with Gasteiger partial charge in [0.25, 0.3) is 6.47 Å². The third-order valence-electron chi connectivity index (χ3n) is 4.77. The van der Waals surface area contributed by atoms with E-state index in [2.05, 4.69) is 37.0 Å². The number of carbonyl (C=O) groups excluding carboxylic acids is 1. The Kier molecular flexibility index (Phi) is 9.89. The first kappa shape index (κ1) is 24.0. The van der Waals surface area contributed by atoms with E-state index in [1.165, 1.54) is 25.7 Å². The van der Waals surface area contributed by atoms with Gasteiger partial charge in [-0.3, -0.25) is 14.7 Å². The molecule has 0 amide bonds. The van der Waals surface area contributed by atoms with Crippen LogP contribution in [0.3, 0.4) is 0 Å². The van der Waals surface area contributed by atoms with Crippen LogP contribution in [0.15, 0.2) is 29.0 Å². The van der Waals surface area contributed by atoms with Gasteiger partial charge in [0.15, 0.2) is 0 Å². The van der Waals surface area contributed by atoms with Crippen molar-refractivity contribution in [2.45, 2.75) is 71.6 Å². The molecule has 166 valence electrons. The number of piperidine rings is 1. The van der Waals surface area contributed by atoms with Gasteiger partial charge in [-0.1, -0.05) is 18.5 Å². The summed E-state index contributed by atoms with van der Waals surface area (Å²) < 4.78 is 10.0. The molecule has 3 heterocycles. The highest BCUT2D eigenvalue weighted by molar-refractivity contribution is 5.52. The van der Waals surface area contributed by atoms with E-state index in [9.17, 15) is 4.79 Å². The van der Waals surface area contributed by atoms with Gasteiger partial charge in [-0.15, -0.1) is 0 Å². The molecule has 2 aromatic rings. The summed E-state index contributed by atoms with van der Waals surface area (Å²) in [5.74, 6) is 1.34. The van der Waals surface area contributed by atoms with Crippen LogP contribution in [0.4, 0.5) is 0 Å². The second kappa shape index (κ2) is 12.4. The maximum absolute atomic E-state index is 9.60. The molecular weight excluding hydrogens is 382 g/mol. The molecule has 0 unspecified atom stereocenters. The van der Waals surface area contributed by atoms with Gasteiger partial charge in [-0.25, -0.2) is 0 Å². The summed E-state index contributed by atoms with van der Waals surface area (Å²) in [6, 6.07) is 4.41. The Morgan fingerprint density at radius 1 is 1.27 bits per heavy atom. The summed E-state index contributed by atoms with van der Waals surface area (Å²) in [4.78, 5) is 20.7. The predicted octanol–water partition coefficient (Wildman–Crippen LogP) is 3.44. The van der Waals surface area contributed by atoms with E-state index in [1.807, 2.05) is 32.9 Å². The normalized spacial score (nSPS) is 14.8. The van der Waals surface area contributed by atoms with E-state index >= 15 is 0 Å². The number of ether oxygens (including phenoxy) is 1. The molecule has 1 N–H and O–H groups in total. The van der Waals surface area contributed by atoms with Crippen LogP contribution in [0.25, 0.3) is 11.4 Å². The quantitative estimate of drug-likeness (QED) is 0.653. The second-order valence-corrected chi connectivity index (χ2v) is 8.38. The number of nitrogens with one attached hydrogen (secondary N) is 1. The zero-order valence-electron chi connectivity index (χ0n) is 18.6. The lowest BCUT2D eigenvalue weighted by Gasteiger charge is -2.33. The minimum absolute atomic E-state index is 0.318. The topological polar surface area (TPSA) is 93.4 Å². The lowest BCUT2D eigenvalue weighted by molar-refractivity contribution is -0.138. The van der Waals surface area contributed by atoms with Gasteiger partial charge >= 0.3 is 0 Å². The van der Waals surface area contributed by atoms with E-state index in [0.29, 0.717) is 24.2 Å².